The van der Waals surface area contributed by atoms with Crippen molar-refractivity contribution in [3.8, 4) is 0 Å². The quantitative estimate of drug-likeness (QED) is 0.576. The molecule has 0 spiro atoms. The van der Waals surface area contributed by atoms with Gasteiger partial charge in [0.05, 0.1) is 11.7 Å². The van der Waals surface area contributed by atoms with Gasteiger partial charge in [0.15, 0.2) is 0 Å². The van der Waals surface area contributed by atoms with Crippen molar-refractivity contribution >= 4 is 28.6 Å². The summed E-state index contributed by atoms with van der Waals surface area (Å²) in [5.74, 6) is 0.552. The third-order valence-electron chi connectivity index (χ3n) is 3.29. The molecule has 0 aliphatic rings. The van der Waals surface area contributed by atoms with Crippen molar-refractivity contribution in [2.24, 2.45) is 0 Å². The maximum atomic E-state index is 13.2. The van der Waals surface area contributed by atoms with Gasteiger partial charge in [-0.2, -0.15) is 0 Å². The van der Waals surface area contributed by atoms with Gasteiger partial charge in [0.2, 0.25) is 6.39 Å². The fraction of sp³-hybridized carbons (Fsp3) is 0. The summed E-state index contributed by atoms with van der Waals surface area (Å²) >= 11 is 0. The Labute approximate surface area is 130 Å². The zero-order chi connectivity index (χ0) is 15.6. The van der Waals surface area contributed by atoms with Crippen molar-refractivity contribution in [3.05, 3.63) is 66.9 Å². The lowest BCUT2D eigenvalue weighted by Gasteiger charge is -2.18. The number of halogens is 1. The first-order chi connectivity index (χ1) is 11.3. The van der Waals surface area contributed by atoms with E-state index in [0.717, 1.165) is 17.1 Å². The molecule has 23 heavy (non-hydrogen) atoms. The molecule has 0 aliphatic heterocycles. The van der Waals surface area contributed by atoms with E-state index in [9.17, 15) is 4.39 Å². The summed E-state index contributed by atoms with van der Waals surface area (Å²) in [6, 6.07) is 14.5. The standard InChI is InChI=1S/C16H10FN5O/c17-12-6-8-14(18-9-12)22(16-21-19-10-23-16)15-7-5-11-3-1-2-4-13(11)20-15/h1-10H. The number of fused-ring (bicyclic) bond motifs is 1. The van der Waals surface area contributed by atoms with Crippen LogP contribution in [-0.2, 0) is 0 Å². The minimum Gasteiger partial charge on any atom is -0.410 e. The van der Waals surface area contributed by atoms with Crippen molar-refractivity contribution in [2.75, 3.05) is 4.90 Å². The Morgan fingerprint density at radius 3 is 2.61 bits per heavy atom. The van der Waals surface area contributed by atoms with E-state index in [1.54, 1.807) is 4.90 Å². The van der Waals surface area contributed by atoms with Crippen LogP contribution in [0.1, 0.15) is 0 Å². The number of pyridine rings is 2. The largest absolute Gasteiger partial charge is 0.410 e. The van der Waals surface area contributed by atoms with E-state index < -0.39 is 5.82 Å². The molecule has 4 rings (SSSR count). The van der Waals surface area contributed by atoms with E-state index in [1.807, 2.05) is 36.4 Å². The van der Waals surface area contributed by atoms with Gasteiger partial charge < -0.3 is 4.42 Å². The molecule has 0 aliphatic carbocycles. The number of hydrogen-bond donors (Lipinski definition) is 0. The number of anilines is 3. The molecule has 0 amide bonds. The number of para-hydroxylation sites is 1. The number of hydrogen-bond acceptors (Lipinski definition) is 6. The Hall–Kier alpha value is -3.35. The zero-order valence-corrected chi connectivity index (χ0v) is 11.8. The Morgan fingerprint density at radius 2 is 1.83 bits per heavy atom. The SMILES string of the molecule is Fc1ccc(N(c2ccc3ccccc3n2)c2nnco2)nc1. The average Bonchev–Trinajstić information content (AvgIpc) is 3.11. The number of benzene rings is 1. The molecule has 7 heteroatoms. The minimum atomic E-state index is -0.425. The highest BCUT2D eigenvalue weighted by molar-refractivity contribution is 5.82. The van der Waals surface area contributed by atoms with Crippen LogP contribution >= 0.6 is 0 Å². The van der Waals surface area contributed by atoms with Gasteiger partial charge in [-0.05, 0) is 30.3 Å². The summed E-state index contributed by atoms with van der Waals surface area (Å²) in [6.45, 7) is 0. The molecule has 3 heterocycles. The van der Waals surface area contributed by atoms with Gasteiger partial charge in [0, 0.05) is 5.39 Å². The van der Waals surface area contributed by atoms with E-state index in [-0.39, 0.29) is 6.01 Å². The molecule has 0 unspecified atom stereocenters. The first-order valence-electron chi connectivity index (χ1n) is 6.85. The third kappa shape index (κ3) is 2.48. The molecule has 3 aromatic heterocycles. The molecular formula is C16H10FN5O. The van der Waals surface area contributed by atoms with E-state index in [2.05, 4.69) is 20.2 Å². The van der Waals surface area contributed by atoms with Crippen LogP contribution in [0.4, 0.5) is 22.0 Å². The number of aromatic nitrogens is 4. The van der Waals surface area contributed by atoms with Crippen molar-refractivity contribution in [1.29, 1.82) is 0 Å². The van der Waals surface area contributed by atoms with Gasteiger partial charge in [-0.1, -0.05) is 23.3 Å². The summed E-state index contributed by atoms with van der Waals surface area (Å²) in [6.07, 6.45) is 2.34. The summed E-state index contributed by atoms with van der Waals surface area (Å²) in [7, 11) is 0. The molecule has 0 bridgehead atoms. The first kappa shape index (κ1) is 13.3. The Morgan fingerprint density at radius 1 is 0.957 bits per heavy atom. The average molecular weight is 307 g/mol. The predicted molar refractivity (Wildman–Crippen MR) is 82.0 cm³/mol. The normalized spacial score (nSPS) is 10.8. The van der Waals surface area contributed by atoms with E-state index in [4.69, 9.17) is 4.42 Å². The van der Waals surface area contributed by atoms with Crippen LogP contribution < -0.4 is 4.90 Å². The predicted octanol–water partition coefficient (Wildman–Crippen LogP) is 3.62. The van der Waals surface area contributed by atoms with Crippen LogP contribution in [0.5, 0.6) is 0 Å². The van der Waals surface area contributed by atoms with Crippen molar-refractivity contribution in [3.63, 3.8) is 0 Å². The Bertz CT molecular complexity index is 940. The van der Waals surface area contributed by atoms with Crippen LogP contribution in [0.2, 0.25) is 0 Å². The van der Waals surface area contributed by atoms with Crippen LogP contribution in [0.3, 0.4) is 0 Å². The summed E-state index contributed by atoms with van der Waals surface area (Å²) in [4.78, 5) is 10.2. The number of rotatable bonds is 3. The first-order valence-corrected chi connectivity index (χ1v) is 6.85. The minimum absolute atomic E-state index is 0.201. The van der Waals surface area contributed by atoms with Crippen LogP contribution in [0.25, 0.3) is 10.9 Å². The third-order valence-corrected chi connectivity index (χ3v) is 3.29. The van der Waals surface area contributed by atoms with Gasteiger partial charge in [-0.3, -0.25) is 0 Å². The molecule has 0 N–H and O–H groups in total. The molecule has 0 saturated heterocycles. The molecule has 0 atom stereocenters. The van der Waals surface area contributed by atoms with Gasteiger partial charge in [-0.25, -0.2) is 19.3 Å². The lowest BCUT2D eigenvalue weighted by Crippen LogP contribution is -2.13. The molecule has 0 saturated carbocycles. The molecule has 112 valence electrons. The fourth-order valence-electron chi connectivity index (χ4n) is 2.26. The van der Waals surface area contributed by atoms with Gasteiger partial charge >= 0.3 is 6.01 Å². The molecule has 4 aromatic rings. The van der Waals surface area contributed by atoms with Gasteiger partial charge in [0.25, 0.3) is 0 Å². The van der Waals surface area contributed by atoms with Crippen LogP contribution in [-0.4, -0.2) is 20.2 Å². The highest BCUT2D eigenvalue weighted by Crippen LogP contribution is 2.31. The second-order valence-electron chi connectivity index (χ2n) is 4.75. The zero-order valence-electron chi connectivity index (χ0n) is 11.8. The highest BCUT2D eigenvalue weighted by Gasteiger charge is 2.19. The Balaban J connectivity index is 1.88. The molecule has 0 radical (unpaired) electrons. The van der Waals surface area contributed by atoms with Gasteiger partial charge in [0.1, 0.15) is 17.5 Å². The Kier molecular flexibility index (Phi) is 3.16. The highest BCUT2D eigenvalue weighted by atomic mass is 19.1. The summed E-state index contributed by atoms with van der Waals surface area (Å²) < 4.78 is 18.4. The summed E-state index contributed by atoms with van der Waals surface area (Å²) in [5.41, 5.74) is 0.816. The smallest absolute Gasteiger partial charge is 0.329 e. The van der Waals surface area contributed by atoms with E-state index in [1.165, 1.54) is 18.5 Å². The molecular weight excluding hydrogens is 297 g/mol. The molecule has 0 fully saturated rings. The maximum absolute atomic E-state index is 13.2. The van der Waals surface area contributed by atoms with Crippen LogP contribution in [0, 0.1) is 5.82 Å². The maximum Gasteiger partial charge on any atom is 0.329 e. The fourth-order valence-corrected chi connectivity index (χ4v) is 2.26. The lowest BCUT2D eigenvalue weighted by atomic mass is 10.2. The second kappa shape index (κ2) is 5.45. The number of nitrogens with zero attached hydrogens (tertiary/aromatic N) is 5. The van der Waals surface area contributed by atoms with Crippen LogP contribution in [0.15, 0.2) is 65.5 Å². The lowest BCUT2D eigenvalue weighted by molar-refractivity contribution is 0.558. The monoisotopic (exact) mass is 307 g/mol. The van der Waals surface area contributed by atoms with E-state index >= 15 is 0 Å². The van der Waals surface area contributed by atoms with E-state index in [0.29, 0.717) is 11.6 Å². The van der Waals surface area contributed by atoms with Crippen molar-refractivity contribution in [2.45, 2.75) is 0 Å². The second-order valence-corrected chi connectivity index (χ2v) is 4.75. The molecule has 6 nitrogen and oxygen atoms in total. The van der Waals surface area contributed by atoms with Crippen molar-refractivity contribution < 1.29 is 8.81 Å². The topological polar surface area (TPSA) is 67.9 Å². The van der Waals surface area contributed by atoms with Crippen molar-refractivity contribution in [1.82, 2.24) is 20.2 Å². The molecule has 1 aromatic carbocycles. The summed E-state index contributed by atoms with van der Waals surface area (Å²) in [5, 5.41) is 8.60. The van der Waals surface area contributed by atoms with Gasteiger partial charge in [-0.15, -0.1) is 5.10 Å².